The Labute approximate surface area is 180 Å². The summed E-state index contributed by atoms with van der Waals surface area (Å²) < 4.78 is 34.8. The Morgan fingerprint density at radius 3 is 2.52 bits per heavy atom. The van der Waals surface area contributed by atoms with Gasteiger partial charge in [0.05, 0.1) is 11.7 Å². The van der Waals surface area contributed by atoms with E-state index in [4.69, 9.17) is 16.3 Å². The number of nitrogens with zero attached hydrogens (tertiary/aromatic N) is 2. The number of rotatable bonds is 6. The molecule has 0 unspecified atom stereocenters. The zero-order valence-corrected chi connectivity index (χ0v) is 19.4. The van der Waals surface area contributed by atoms with Gasteiger partial charge in [0, 0.05) is 25.9 Å². The van der Waals surface area contributed by atoms with Gasteiger partial charge in [-0.3, -0.25) is 0 Å². The van der Waals surface area contributed by atoms with Crippen molar-refractivity contribution in [3.8, 4) is 5.75 Å². The molecule has 0 aliphatic rings. The SMILES string of the molecule is CN(C)CCOc1cn(S(=O)(=O)c2ccccc2Br)c2c(Br)cc(Cl)cc12. The summed E-state index contributed by atoms with van der Waals surface area (Å²) in [4.78, 5) is 2.16. The Morgan fingerprint density at radius 2 is 1.85 bits per heavy atom. The topological polar surface area (TPSA) is 51.5 Å². The van der Waals surface area contributed by atoms with Crippen LogP contribution in [0.5, 0.6) is 5.75 Å². The Hall–Kier alpha value is -1.06. The second-order valence-corrected chi connectivity index (χ2v) is 10.1. The molecule has 0 bridgehead atoms. The van der Waals surface area contributed by atoms with Gasteiger partial charge in [-0.1, -0.05) is 23.7 Å². The van der Waals surface area contributed by atoms with Crippen LogP contribution in [-0.4, -0.2) is 44.5 Å². The molecule has 3 rings (SSSR count). The minimum Gasteiger partial charge on any atom is -0.490 e. The van der Waals surface area contributed by atoms with Gasteiger partial charge in [0.15, 0.2) is 0 Å². The highest BCUT2D eigenvalue weighted by atomic mass is 79.9. The molecule has 0 saturated carbocycles. The van der Waals surface area contributed by atoms with Gasteiger partial charge in [-0.2, -0.15) is 0 Å². The lowest BCUT2D eigenvalue weighted by Crippen LogP contribution is -2.19. The van der Waals surface area contributed by atoms with E-state index in [2.05, 4.69) is 31.9 Å². The van der Waals surface area contributed by atoms with E-state index in [1.807, 2.05) is 19.0 Å². The fraction of sp³-hybridized carbons (Fsp3) is 0.222. The quantitative estimate of drug-likeness (QED) is 0.445. The first-order valence-corrected chi connectivity index (χ1v) is 11.4. The molecule has 9 heteroatoms. The molecule has 0 amide bonds. The molecule has 1 aromatic heterocycles. The van der Waals surface area contributed by atoms with Gasteiger partial charge in [0.2, 0.25) is 0 Å². The third kappa shape index (κ3) is 4.19. The van der Waals surface area contributed by atoms with Gasteiger partial charge >= 0.3 is 0 Å². The Balaban J connectivity index is 2.20. The highest BCUT2D eigenvalue weighted by Gasteiger charge is 2.25. The van der Waals surface area contributed by atoms with E-state index >= 15 is 0 Å². The summed E-state index contributed by atoms with van der Waals surface area (Å²) in [5.41, 5.74) is 0.481. The van der Waals surface area contributed by atoms with Crippen LogP contribution in [0.1, 0.15) is 0 Å². The molecule has 144 valence electrons. The first kappa shape index (κ1) is 20.7. The zero-order chi connectivity index (χ0) is 19.8. The van der Waals surface area contributed by atoms with Crippen LogP contribution < -0.4 is 4.74 Å². The van der Waals surface area contributed by atoms with Gasteiger partial charge in [0.25, 0.3) is 10.0 Å². The summed E-state index contributed by atoms with van der Waals surface area (Å²) in [5.74, 6) is 0.464. The van der Waals surface area contributed by atoms with E-state index in [1.165, 1.54) is 10.2 Å². The van der Waals surface area contributed by atoms with Crippen molar-refractivity contribution in [2.24, 2.45) is 0 Å². The molecule has 0 radical (unpaired) electrons. The monoisotopic (exact) mass is 534 g/mol. The van der Waals surface area contributed by atoms with Crippen molar-refractivity contribution in [3.63, 3.8) is 0 Å². The molecule has 0 spiro atoms. The predicted molar refractivity (Wildman–Crippen MR) is 115 cm³/mol. The van der Waals surface area contributed by atoms with E-state index < -0.39 is 10.0 Å². The maximum Gasteiger partial charge on any atom is 0.269 e. The fourth-order valence-corrected chi connectivity index (χ4v) is 6.09. The predicted octanol–water partition coefficient (Wildman–Crippen LogP) is 5.00. The standard InChI is InChI=1S/C18H17Br2ClN2O3S/c1-22(2)7-8-26-16-11-23(18-13(16)9-12(21)10-15(18)20)27(24,25)17-6-4-3-5-14(17)19/h3-6,9-11H,7-8H2,1-2H3. The van der Waals surface area contributed by atoms with Crippen LogP contribution in [0, 0.1) is 0 Å². The van der Waals surface area contributed by atoms with E-state index in [9.17, 15) is 8.42 Å². The number of aromatic nitrogens is 1. The second-order valence-electron chi connectivity index (χ2n) is 6.16. The third-order valence-electron chi connectivity index (χ3n) is 3.92. The van der Waals surface area contributed by atoms with E-state index in [0.717, 1.165) is 0 Å². The molecular weight excluding hydrogens is 520 g/mol. The number of hydrogen-bond acceptors (Lipinski definition) is 4. The van der Waals surface area contributed by atoms with Crippen molar-refractivity contribution in [2.45, 2.75) is 4.90 Å². The summed E-state index contributed by atoms with van der Waals surface area (Å²) in [6.45, 7) is 1.12. The normalized spacial score (nSPS) is 12.1. The molecular formula is C18H17Br2ClN2O3S. The van der Waals surface area contributed by atoms with Crippen molar-refractivity contribution in [1.29, 1.82) is 0 Å². The molecule has 0 aliphatic heterocycles. The molecule has 5 nitrogen and oxygen atoms in total. The summed E-state index contributed by atoms with van der Waals surface area (Å²) in [6, 6.07) is 10.1. The summed E-state index contributed by atoms with van der Waals surface area (Å²) in [6.07, 6.45) is 1.50. The lowest BCUT2D eigenvalue weighted by Gasteiger charge is -2.10. The molecule has 2 aromatic carbocycles. The molecule has 0 atom stereocenters. The average molecular weight is 537 g/mol. The maximum atomic E-state index is 13.3. The highest BCUT2D eigenvalue weighted by Crippen LogP contribution is 2.38. The molecule has 3 aromatic rings. The molecule has 0 fully saturated rings. The van der Waals surface area contributed by atoms with Crippen molar-refractivity contribution in [1.82, 2.24) is 8.87 Å². The summed E-state index contributed by atoms with van der Waals surface area (Å²) >= 11 is 13.0. The second kappa shape index (κ2) is 8.13. The van der Waals surface area contributed by atoms with Gasteiger partial charge in [-0.15, -0.1) is 0 Å². The first-order chi connectivity index (χ1) is 12.7. The van der Waals surface area contributed by atoms with E-state index in [1.54, 1.807) is 36.4 Å². The summed E-state index contributed by atoms with van der Waals surface area (Å²) in [5, 5.41) is 1.12. The van der Waals surface area contributed by atoms with Crippen LogP contribution in [0.3, 0.4) is 0 Å². The van der Waals surface area contributed by atoms with Crippen molar-refractivity contribution in [2.75, 3.05) is 27.2 Å². The van der Waals surface area contributed by atoms with Crippen molar-refractivity contribution >= 4 is 64.4 Å². The lowest BCUT2D eigenvalue weighted by atomic mass is 10.2. The van der Waals surface area contributed by atoms with Crippen LogP contribution >= 0.6 is 43.5 Å². The van der Waals surface area contributed by atoms with E-state index in [-0.39, 0.29) is 4.90 Å². The van der Waals surface area contributed by atoms with Crippen LogP contribution in [0.15, 0.2) is 56.4 Å². The number of halogens is 3. The van der Waals surface area contributed by atoms with Crippen LogP contribution in [0.25, 0.3) is 10.9 Å². The number of hydrogen-bond donors (Lipinski definition) is 0. The van der Waals surface area contributed by atoms with Gasteiger partial charge in [-0.05, 0) is 70.2 Å². The zero-order valence-electron chi connectivity index (χ0n) is 14.6. The Bertz CT molecular complexity index is 1100. The van der Waals surface area contributed by atoms with Crippen molar-refractivity contribution < 1.29 is 13.2 Å². The molecule has 1 heterocycles. The largest absolute Gasteiger partial charge is 0.490 e. The highest BCUT2D eigenvalue weighted by molar-refractivity contribution is 9.11. The number of benzene rings is 2. The number of likely N-dealkylation sites (N-methyl/N-ethyl adjacent to an activating group) is 1. The van der Waals surface area contributed by atoms with Crippen LogP contribution in [0.2, 0.25) is 5.02 Å². The fourth-order valence-electron chi connectivity index (χ4n) is 2.62. The van der Waals surface area contributed by atoms with E-state index in [0.29, 0.717) is 43.8 Å². The Kier molecular flexibility index (Phi) is 6.22. The molecule has 27 heavy (non-hydrogen) atoms. The minimum absolute atomic E-state index is 0.170. The van der Waals surface area contributed by atoms with Crippen molar-refractivity contribution in [3.05, 3.63) is 56.6 Å². The maximum absolute atomic E-state index is 13.3. The molecule has 0 N–H and O–H groups in total. The van der Waals surface area contributed by atoms with Crippen LogP contribution in [0.4, 0.5) is 0 Å². The smallest absolute Gasteiger partial charge is 0.269 e. The molecule has 0 saturated heterocycles. The molecule has 0 aliphatic carbocycles. The lowest BCUT2D eigenvalue weighted by molar-refractivity contribution is 0.263. The van der Waals surface area contributed by atoms with Gasteiger partial charge < -0.3 is 9.64 Å². The third-order valence-corrected chi connectivity index (χ3v) is 7.41. The van der Waals surface area contributed by atoms with Gasteiger partial charge in [-0.25, -0.2) is 12.4 Å². The first-order valence-electron chi connectivity index (χ1n) is 7.99. The van der Waals surface area contributed by atoms with Crippen LogP contribution in [-0.2, 0) is 10.0 Å². The minimum atomic E-state index is -3.85. The Morgan fingerprint density at radius 1 is 1.15 bits per heavy atom. The number of fused-ring (bicyclic) bond motifs is 1. The summed E-state index contributed by atoms with van der Waals surface area (Å²) in [7, 11) is 0.0381. The number of ether oxygens (including phenoxy) is 1. The van der Waals surface area contributed by atoms with Gasteiger partial charge in [0.1, 0.15) is 17.3 Å². The average Bonchev–Trinajstić information content (AvgIpc) is 2.94.